The van der Waals surface area contributed by atoms with Crippen molar-refractivity contribution in [1.82, 2.24) is 20.4 Å². The zero-order chi connectivity index (χ0) is 11.1. The Kier molecular flexibility index (Phi) is 4.83. The fourth-order valence-electron chi connectivity index (χ4n) is 1.36. The van der Waals surface area contributed by atoms with Gasteiger partial charge in [0.25, 0.3) is 0 Å². The Morgan fingerprint density at radius 3 is 3.00 bits per heavy atom. The Hall–Kier alpha value is -1.36. The van der Waals surface area contributed by atoms with Crippen LogP contribution in [0.1, 0.15) is 19.5 Å². The largest absolute Gasteiger partial charge is 0.355 e. The Bertz CT molecular complexity index is 308. The van der Waals surface area contributed by atoms with Crippen molar-refractivity contribution >= 4 is 5.91 Å². The molecule has 1 rings (SSSR count). The van der Waals surface area contributed by atoms with Crippen LogP contribution in [0.2, 0.25) is 0 Å². The van der Waals surface area contributed by atoms with E-state index in [1.807, 2.05) is 24.6 Å². The minimum Gasteiger partial charge on any atom is -0.355 e. The molecule has 84 valence electrons. The van der Waals surface area contributed by atoms with Crippen molar-refractivity contribution in [1.29, 1.82) is 0 Å². The van der Waals surface area contributed by atoms with Gasteiger partial charge in [0.1, 0.15) is 0 Å². The van der Waals surface area contributed by atoms with Crippen molar-refractivity contribution in [2.24, 2.45) is 0 Å². The number of nitrogens with one attached hydrogen (secondary N) is 2. The molecule has 0 aliphatic heterocycles. The van der Waals surface area contributed by atoms with Crippen LogP contribution >= 0.6 is 0 Å². The van der Waals surface area contributed by atoms with E-state index in [2.05, 4.69) is 15.7 Å². The first-order valence-electron chi connectivity index (χ1n) is 5.26. The SMILES string of the molecule is CCNC(=O)CNCc1ccnn1CC. The van der Waals surface area contributed by atoms with E-state index in [9.17, 15) is 4.79 Å². The number of rotatable bonds is 6. The molecule has 15 heavy (non-hydrogen) atoms. The first kappa shape index (κ1) is 11.7. The number of likely N-dealkylation sites (N-methyl/N-ethyl adjacent to an activating group) is 1. The van der Waals surface area contributed by atoms with Crippen LogP contribution in [0.3, 0.4) is 0 Å². The van der Waals surface area contributed by atoms with E-state index in [-0.39, 0.29) is 5.91 Å². The lowest BCUT2D eigenvalue weighted by Crippen LogP contribution is -2.33. The predicted molar refractivity (Wildman–Crippen MR) is 58.3 cm³/mol. The second-order valence-electron chi connectivity index (χ2n) is 3.20. The maximum absolute atomic E-state index is 11.1. The summed E-state index contributed by atoms with van der Waals surface area (Å²) in [5.74, 6) is 0.0278. The van der Waals surface area contributed by atoms with Gasteiger partial charge >= 0.3 is 0 Å². The van der Waals surface area contributed by atoms with Crippen LogP contribution in [0.15, 0.2) is 12.3 Å². The molecule has 1 aromatic rings. The van der Waals surface area contributed by atoms with E-state index in [0.29, 0.717) is 19.6 Å². The lowest BCUT2D eigenvalue weighted by molar-refractivity contribution is -0.120. The molecule has 0 fully saturated rings. The number of aromatic nitrogens is 2. The molecule has 1 amide bonds. The van der Waals surface area contributed by atoms with Gasteiger partial charge in [-0.2, -0.15) is 5.10 Å². The van der Waals surface area contributed by atoms with Gasteiger partial charge < -0.3 is 10.6 Å². The molecule has 0 atom stereocenters. The van der Waals surface area contributed by atoms with Crippen molar-refractivity contribution in [3.8, 4) is 0 Å². The van der Waals surface area contributed by atoms with Crippen LogP contribution < -0.4 is 10.6 Å². The molecule has 0 radical (unpaired) electrons. The van der Waals surface area contributed by atoms with E-state index in [1.54, 1.807) is 6.20 Å². The molecular weight excluding hydrogens is 192 g/mol. The van der Waals surface area contributed by atoms with Crippen molar-refractivity contribution in [3.05, 3.63) is 18.0 Å². The second kappa shape index (κ2) is 6.19. The van der Waals surface area contributed by atoms with Crippen LogP contribution in [-0.2, 0) is 17.9 Å². The number of nitrogens with zero attached hydrogens (tertiary/aromatic N) is 2. The molecule has 0 saturated heterocycles. The van der Waals surface area contributed by atoms with Gasteiger partial charge in [0.05, 0.1) is 12.2 Å². The number of amides is 1. The van der Waals surface area contributed by atoms with Crippen LogP contribution in [0.5, 0.6) is 0 Å². The summed E-state index contributed by atoms with van der Waals surface area (Å²) in [6, 6.07) is 1.95. The maximum atomic E-state index is 11.1. The summed E-state index contributed by atoms with van der Waals surface area (Å²) in [7, 11) is 0. The van der Waals surface area contributed by atoms with Gasteiger partial charge in [-0.25, -0.2) is 0 Å². The first-order valence-corrected chi connectivity index (χ1v) is 5.26. The summed E-state index contributed by atoms with van der Waals surface area (Å²) in [5, 5.41) is 9.95. The van der Waals surface area contributed by atoms with Crippen LogP contribution in [-0.4, -0.2) is 28.8 Å². The van der Waals surface area contributed by atoms with Gasteiger partial charge in [0.2, 0.25) is 5.91 Å². The minimum atomic E-state index is 0.0278. The van der Waals surface area contributed by atoms with Crippen LogP contribution in [0, 0.1) is 0 Å². The second-order valence-corrected chi connectivity index (χ2v) is 3.20. The predicted octanol–water partition coefficient (Wildman–Crippen LogP) is 0.129. The van der Waals surface area contributed by atoms with E-state index in [4.69, 9.17) is 0 Å². The third-order valence-corrected chi connectivity index (χ3v) is 2.07. The Balaban J connectivity index is 2.28. The monoisotopic (exact) mass is 210 g/mol. The fraction of sp³-hybridized carbons (Fsp3) is 0.600. The van der Waals surface area contributed by atoms with Crippen molar-refractivity contribution in [3.63, 3.8) is 0 Å². The summed E-state index contributed by atoms with van der Waals surface area (Å²) in [6.07, 6.45) is 1.77. The highest BCUT2D eigenvalue weighted by molar-refractivity contribution is 5.77. The Morgan fingerprint density at radius 1 is 1.53 bits per heavy atom. The lowest BCUT2D eigenvalue weighted by Gasteiger charge is -2.06. The van der Waals surface area contributed by atoms with Crippen molar-refractivity contribution < 1.29 is 4.79 Å². The molecule has 2 N–H and O–H groups in total. The number of aryl methyl sites for hydroxylation is 1. The lowest BCUT2D eigenvalue weighted by atomic mass is 10.4. The normalized spacial score (nSPS) is 10.3. The van der Waals surface area contributed by atoms with Gasteiger partial charge in [0, 0.05) is 25.8 Å². The molecule has 5 heteroatoms. The molecule has 1 aromatic heterocycles. The van der Waals surface area contributed by atoms with Gasteiger partial charge in [-0.15, -0.1) is 0 Å². The van der Waals surface area contributed by atoms with Gasteiger partial charge in [-0.05, 0) is 19.9 Å². The van der Waals surface area contributed by atoms with Crippen molar-refractivity contribution in [2.75, 3.05) is 13.1 Å². The van der Waals surface area contributed by atoms with Gasteiger partial charge in [-0.1, -0.05) is 0 Å². The van der Waals surface area contributed by atoms with E-state index < -0.39 is 0 Å². The highest BCUT2D eigenvalue weighted by atomic mass is 16.1. The summed E-state index contributed by atoms with van der Waals surface area (Å²) in [5.41, 5.74) is 1.10. The highest BCUT2D eigenvalue weighted by Gasteiger charge is 2.01. The fourth-order valence-corrected chi connectivity index (χ4v) is 1.36. The summed E-state index contributed by atoms with van der Waals surface area (Å²) >= 11 is 0. The number of carbonyl (C=O) groups is 1. The van der Waals surface area contributed by atoms with E-state index >= 15 is 0 Å². The average molecular weight is 210 g/mol. The number of hydrogen-bond acceptors (Lipinski definition) is 3. The molecule has 0 bridgehead atoms. The smallest absolute Gasteiger partial charge is 0.233 e. The summed E-state index contributed by atoms with van der Waals surface area (Å²) in [4.78, 5) is 11.1. The third-order valence-electron chi connectivity index (χ3n) is 2.07. The van der Waals surface area contributed by atoms with E-state index in [1.165, 1.54) is 0 Å². The van der Waals surface area contributed by atoms with Gasteiger partial charge in [0.15, 0.2) is 0 Å². The van der Waals surface area contributed by atoms with Crippen LogP contribution in [0.25, 0.3) is 0 Å². The van der Waals surface area contributed by atoms with Crippen LogP contribution in [0.4, 0.5) is 0 Å². The Labute approximate surface area is 89.9 Å². The summed E-state index contributed by atoms with van der Waals surface area (Å²) in [6.45, 7) is 6.50. The molecular formula is C10H18N4O. The zero-order valence-electron chi connectivity index (χ0n) is 9.29. The molecule has 0 spiro atoms. The highest BCUT2D eigenvalue weighted by Crippen LogP contribution is 1.97. The molecule has 0 aliphatic carbocycles. The Morgan fingerprint density at radius 2 is 2.33 bits per heavy atom. The molecule has 0 aliphatic rings. The number of carbonyl (C=O) groups excluding carboxylic acids is 1. The zero-order valence-corrected chi connectivity index (χ0v) is 9.29. The topological polar surface area (TPSA) is 59.0 Å². The van der Waals surface area contributed by atoms with Crippen molar-refractivity contribution in [2.45, 2.75) is 26.9 Å². The number of hydrogen-bond donors (Lipinski definition) is 2. The molecule has 5 nitrogen and oxygen atoms in total. The standard InChI is InChI=1S/C10H18N4O/c1-3-12-10(15)8-11-7-9-5-6-13-14(9)4-2/h5-6,11H,3-4,7-8H2,1-2H3,(H,12,15). The molecule has 0 saturated carbocycles. The first-order chi connectivity index (χ1) is 7.27. The maximum Gasteiger partial charge on any atom is 0.233 e. The molecule has 0 aromatic carbocycles. The molecule has 1 heterocycles. The third kappa shape index (κ3) is 3.71. The van der Waals surface area contributed by atoms with Gasteiger partial charge in [-0.3, -0.25) is 9.48 Å². The average Bonchev–Trinajstić information content (AvgIpc) is 2.66. The minimum absolute atomic E-state index is 0.0278. The summed E-state index contributed by atoms with van der Waals surface area (Å²) < 4.78 is 1.91. The molecule has 0 unspecified atom stereocenters. The quantitative estimate of drug-likeness (QED) is 0.701. The van der Waals surface area contributed by atoms with E-state index in [0.717, 1.165) is 12.2 Å².